The van der Waals surface area contributed by atoms with E-state index in [1.54, 1.807) is 30.5 Å². The van der Waals surface area contributed by atoms with Gasteiger partial charge in [-0.1, -0.05) is 23.7 Å². The SMILES string of the molecule is Cc1ccc(NC(=O)c2ccnc(C(=O)NCc3ccccn3)c2)cc1Cl. The molecule has 0 saturated heterocycles. The molecule has 0 radical (unpaired) electrons. The van der Waals surface area contributed by atoms with Crippen LogP contribution in [-0.2, 0) is 6.54 Å². The first kappa shape index (κ1) is 18.5. The third-order valence-electron chi connectivity index (χ3n) is 3.84. The van der Waals surface area contributed by atoms with Gasteiger partial charge in [-0.15, -0.1) is 0 Å². The zero-order valence-corrected chi connectivity index (χ0v) is 15.3. The number of hydrogen-bond acceptors (Lipinski definition) is 4. The Balaban J connectivity index is 1.67. The second-order valence-electron chi connectivity index (χ2n) is 5.85. The molecule has 0 aliphatic rings. The summed E-state index contributed by atoms with van der Waals surface area (Å²) >= 11 is 6.08. The Hall–Kier alpha value is -3.25. The van der Waals surface area contributed by atoms with Crippen LogP contribution >= 0.6 is 11.6 Å². The van der Waals surface area contributed by atoms with Crippen LogP contribution in [0.25, 0.3) is 0 Å². The third kappa shape index (κ3) is 4.89. The Bertz CT molecular complexity index is 977. The molecule has 2 aromatic heterocycles. The van der Waals surface area contributed by atoms with Crippen LogP contribution in [0, 0.1) is 6.92 Å². The van der Waals surface area contributed by atoms with Gasteiger partial charge in [0.2, 0.25) is 0 Å². The topological polar surface area (TPSA) is 84.0 Å². The van der Waals surface area contributed by atoms with Gasteiger partial charge in [-0.3, -0.25) is 19.6 Å². The first-order chi connectivity index (χ1) is 13.0. The second kappa shape index (κ2) is 8.42. The molecule has 0 atom stereocenters. The van der Waals surface area contributed by atoms with Gasteiger partial charge in [0.25, 0.3) is 11.8 Å². The van der Waals surface area contributed by atoms with Crippen molar-refractivity contribution < 1.29 is 9.59 Å². The third-order valence-corrected chi connectivity index (χ3v) is 4.25. The molecule has 0 saturated carbocycles. The molecule has 136 valence electrons. The summed E-state index contributed by atoms with van der Waals surface area (Å²) in [5, 5.41) is 6.06. The van der Waals surface area contributed by atoms with E-state index in [-0.39, 0.29) is 24.1 Å². The van der Waals surface area contributed by atoms with Crippen molar-refractivity contribution >= 4 is 29.1 Å². The van der Waals surface area contributed by atoms with Gasteiger partial charge >= 0.3 is 0 Å². The van der Waals surface area contributed by atoms with E-state index in [1.165, 1.54) is 12.3 Å². The van der Waals surface area contributed by atoms with Crippen molar-refractivity contribution in [2.45, 2.75) is 13.5 Å². The molecular weight excluding hydrogens is 364 g/mol. The average Bonchev–Trinajstić information content (AvgIpc) is 2.70. The molecule has 2 amide bonds. The number of halogens is 1. The molecule has 0 fully saturated rings. The predicted octanol–water partition coefficient (Wildman–Crippen LogP) is 3.62. The van der Waals surface area contributed by atoms with Gasteiger partial charge in [-0.25, -0.2) is 0 Å². The number of nitrogens with zero attached hydrogens (tertiary/aromatic N) is 2. The fourth-order valence-electron chi connectivity index (χ4n) is 2.33. The van der Waals surface area contributed by atoms with Gasteiger partial charge in [0.1, 0.15) is 5.69 Å². The van der Waals surface area contributed by atoms with Crippen molar-refractivity contribution in [1.82, 2.24) is 15.3 Å². The largest absolute Gasteiger partial charge is 0.345 e. The number of benzene rings is 1. The number of rotatable bonds is 5. The number of carbonyl (C=O) groups is 2. The summed E-state index contributed by atoms with van der Waals surface area (Å²) in [5.74, 6) is -0.732. The van der Waals surface area contributed by atoms with E-state index >= 15 is 0 Å². The second-order valence-corrected chi connectivity index (χ2v) is 6.26. The maximum atomic E-state index is 12.4. The lowest BCUT2D eigenvalue weighted by Crippen LogP contribution is -2.24. The summed E-state index contributed by atoms with van der Waals surface area (Å²) in [4.78, 5) is 32.9. The predicted molar refractivity (Wildman–Crippen MR) is 104 cm³/mol. The molecule has 6 nitrogen and oxygen atoms in total. The molecule has 1 aromatic carbocycles. The Morgan fingerprint density at radius 2 is 1.85 bits per heavy atom. The summed E-state index contributed by atoms with van der Waals surface area (Å²) in [5.41, 5.74) is 2.71. The summed E-state index contributed by atoms with van der Waals surface area (Å²) in [6.45, 7) is 2.16. The van der Waals surface area contributed by atoms with Crippen LogP contribution in [0.5, 0.6) is 0 Å². The molecule has 7 heteroatoms. The lowest BCUT2D eigenvalue weighted by atomic mass is 10.2. The molecule has 27 heavy (non-hydrogen) atoms. The Labute approximate surface area is 161 Å². The van der Waals surface area contributed by atoms with Crippen molar-refractivity contribution in [2.75, 3.05) is 5.32 Å². The highest BCUT2D eigenvalue weighted by atomic mass is 35.5. The minimum Gasteiger partial charge on any atom is -0.345 e. The van der Waals surface area contributed by atoms with Crippen LogP contribution in [0.15, 0.2) is 60.9 Å². The Kier molecular flexibility index (Phi) is 5.78. The van der Waals surface area contributed by atoms with E-state index in [0.29, 0.717) is 16.3 Å². The average molecular weight is 381 g/mol. The molecule has 0 aliphatic heterocycles. The molecule has 2 heterocycles. The van der Waals surface area contributed by atoms with E-state index in [1.807, 2.05) is 25.1 Å². The molecule has 0 unspecified atom stereocenters. The number of anilines is 1. The summed E-state index contributed by atoms with van der Waals surface area (Å²) < 4.78 is 0. The summed E-state index contributed by atoms with van der Waals surface area (Å²) in [6.07, 6.45) is 3.08. The van der Waals surface area contributed by atoms with E-state index in [0.717, 1.165) is 11.3 Å². The number of amides is 2. The highest BCUT2D eigenvalue weighted by Crippen LogP contribution is 2.20. The van der Waals surface area contributed by atoms with Gasteiger partial charge in [0.15, 0.2) is 0 Å². The van der Waals surface area contributed by atoms with Crippen LogP contribution in [0.4, 0.5) is 5.69 Å². The maximum absolute atomic E-state index is 12.4. The first-order valence-corrected chi connectivity index (χ1v) is 8.62. The Morgan fingerprint density at radius 1 is 1.00 bits per heavy atom. The van der Waals surface area contributed by atoms with Crippen LogP contribution in [0.3, 0.4) is 0 Å². The zero-order valence-electron chi connectivity index (χ0n) is 14.6. The molecule has 0 bridgehead atoms. The zero-order chi connectivity index (χ0) is 19.2. The van der Waals surface area contributed by atoms with Crippen LogP contribution < -0.4 is 10.6 Å². The fourth-order valence-corrected chi connectivity index (χ4v) is 2.51. The number of nitrogens with one attached hydrogen (secondary N) is 2. The number of pyridine rings is 2. The van der Waals surface area contributed by atoms with Gasteiger partial charge in [-0.2, -0.15) is 0 Å². The van der Waals surface area contributed by atoms with Crippen LogP contribution in [0.1, 0.15) is 32.1 Å². The van der Waals surface area contributed by atoms with Crippen molar-refractivity contribution in [3.05, 3.63) is 88.5 Å². The number of aromatic nitrogens is 2. The molecule has 0 spiro atoms. The Morgan fingerprint density at radius 3 is 2.59 bits per heavy atom. The number of carbonyl (C=O) groups excluding carboxylic acids is 2. The van der Waals surface area contributed by atoms with Gasteiger partial charge in [0, 0.05) is 28.7 Å². The minimum atomic E-state index is -0.381. The van der Waals surface area contributed by atoms with Gasteiger partial charge in [0.05, 0.1) is 12.2 Å². The minimum absolute atomic E-state index is 0.153. The van der Waals surface area contributed by atoms with E-state index in [4.69, 9.17) is 11.6 Å². The molecule has 3 aromatic rings. The summed E-state index contributed by atoms with van der Waals surface area (Å²) in [6, 6.07) is 13.7. The first-order valence-electron chi connectivity index (χ1n) is 8.24. The number of aryl methyl sites for hydroxylation is 1. The summed E-state index contributed by atoms with van der Waals surface area (Å²) in [7, 11) is 0. The highest BCUT2D eigenvalue weighted by Gasteiger charge is 2.12. The van der Waals surface area contributed by atoms with Crippen LogP contribution in [0.2, 0.25) is 5.02 Å². The smallest absolute Gasteiger partial charge is 0.270 e. The van der Waals surface area contributed by atoms with Crippen molar-refractivity contribution in [3.63, 3.8) is 0 Å². The van der Waals surface area contributed by atoms with Crippen molar-refractivity contribution in [1.29, 1.82) is 0 Å². The van der Waals surface area contributed by atoms with Crippen molar-refractivity contribution in [2.24, 2.45) is 0 Å². The fraction of sp³-hybridized carbons (Fsp3) is 0.100. The van der Waals surface area contributed by atoms with Gasteiger partial charge < -0.3 is 10.6 Å². The lowest BCUT2D eigenvalue weighted by Gasteiger charge is -2.08. The van der Waals surface area contributed by atoms with E-state index in [2.05, 4.69) is 20.6 Å². The highest BCUT2D eigenvalue weighted by molar-refractivity contribution is 6.31. The van der Waals surface area contributed by atoms with Gasteiger partial charge in [-0.05, 0) is 48.9 Å². The standard InChI is InChI=1S/C20H17ClN4O2/c1-13-5-6-15(11-17(13)21)25-19(26)14-7-9-23-18(10-14)20(27)24-12-16-4-2-3-8-22-16/h2-11H,12H2,1H3,(H,24,27)(H,25,26). The van der Waals surface area contributed by atoms with Crippen LogP contribution in [-0.4, -0.2) is 21.8 Å². The lowest BCUT2D eigenvalue weighted by molar-refractivity contribution is 0.0945. The maximum Gasteiger partial charge on any atom is 0.270 e. The quantitative estimate of drug-likeness (QED) is 0.708. The normalized spacial score (nSPS) is 10.3. The molecule has 2 N–H and O–H groups in total. The molecular formula is C20H17ClN4O2. The van der Waals surface area contributed by atoms with E-state index in [9.17, 15) is 9.59 Å². The monoisotopic (exact) mass is 380 g/mol. The van der Waals surface area contributed by atoms with Crippen molar-refractivity contribution in [3.8, 4) is 0 Å². The molecule has 0 aliphatic carbocycles. The molecule has 3 rings (SSSR count). The number of hydrogen-bond donors (Lipinski definition) is 2. The van der Waals surface area contributed by atoms with E-state index < -0.39 is 0 Å².